The van der Waals surface area contributed by atoms with Gasteiger partial charge in [-0.3, -0.25) is 4.98 Å². The van der Waals surface area contributed by atoms with Crippen molar-refractivity contribution < 1.29 is 0 Å². The number of aryl methyl sites for hydroxylation is 7. The lowest BCUT2D eigenvalue weighted by molar-refractivity contribution is 0.591. The van der Waals surface area contributed by atoms with Crippen molar-refractivity contribution >= 4 is 54.1 Å². The van der Waals surface area contributed by atoms with E-state index >= 15 is 0 Å². The normalized spacial score (nSPS) is 14.0. The fraction of sp³-hybridized carbons (Fsp3) is 0.264. The first-order chi connectivity index (χ1) is 26.0. The SMILES string of the molecule is Cc1cc(C)c(-c2cc3cc4c(c5ccc6c(c2cc2c7cc(C(C)(C)C)ccc7n(-c7c(C)cc(C)cc7C)c26)c35)-c2nc(C)ccc2C4(C)C)c(C)c1. The van der Waals surface area contributed by atoms with E-state index in [1.165, 1.54) is 127 Å². The van der Waals surface area contributed by atoms with Crippen LogP contribution >= 0.6 is 0 Å². The number of rotatable bonds is 2. The maximum absolute atomic E-state index is 5.25. The molecule has 10 rings (SSSR count). The van der Waals surface area contributed by atoms with Gasteiger partial charge in [0.2, 0.25) is 0 Å². The molecular weight excluding hydrogens is 665 g/mol. The highest BCUT2D eigenvalue weighted by Gasteiger charge is 2.39. The molecule has 0 bridgehead atoms. The maximum Gasteiger partial charge on any atom is 0.0755 e. The van der Waals surface area contributed by atoms with Crippen LogP contribution in [-0.4, -0.2) is 9.55 Å². The van der Waals surface area contributed by atoms with Crippen LogP contribution < -0.4 is 0 Å². The zero-order chi connectivity index (χ0) is 38.6. The van der Waals surface area contributed by atoms with E-state index in [2.05, 4.69) is 173 Å². The van der Waals surface area contributed by atoms with Crippen LogP contribution in [0.4, 0.5) is 0 Å². The first kappa shape index (κ1) is 34.1. The van der Waals surface area contributed by atoms with E-state index in [9.17, 15) is 0 Å². The summed E-state index contributed by atoms with van der Waals surface area (Å²) >= 11 is 0. The topological polar surface area (TPSA) is 17.8 Å². The van der Waals surface area contributed by atoms with Crippen molar-refractivity contribution in [2.75, 3.05) is 0 Å². The Kier molecular flexibility index (Phi) is 6.85. The van der Waals surface area contributed by atoms with Crippen LogP contribution in [0.15, 0.2) is 84.9 Å². The third-order valence-electron chi connectivity index (χ3n) is 13.0. The molecular formula is C53H50N2. The molecule has 2 heteroatoms. The van der Waals surface area contributed by atoms with Crippen molar-refractivity contribution in [2.24, 2.45) is 0 Å². The van der Waals surface area contributed by atoms with Gasteiger partial charge >= 0.3 is 0 Å². The number of pyridine rings is 1. The predicted molar refractivity (Wildman–Crippen MR) is 237 cm³/mol. The lowest BCUT2D eigenvalue weighted by Gasteiger charge is -2.24. The molecule has 0 unspecified atom stereocenters. The van der Waals surface area contributed by atoms with Crippen molar-refractivity contribution in [3.8, 4) is 28.1 Å². The zero-order valence-electron chi connectivity index (χ0n) is 34.5. The van der Waals surface area contributed by atoms with E-state index in [1.807, 2.05) is 0 Å². The third kappa shape index (κ3) is 4.58. The molecule has 2 aromatic heterocycles. The Morgan fingerprint density at radius 2 is 1.20 bits per heavy atom. The summed E-state index contributed by atoms with van der Waals surface area (Å²) in [6.45, 7) is 27.4. The summed E-state index contributed by atoms with van der Waals surface area (Å²) in [5.74, 6) is 0. The zero-order valence-corrected chi connectivity index (χ0v) is 34.5. The van der Waals surface area contributed by atoms with Crippen molar-refractivity contribution in [2.45, 2.75) is 93.9 Å². The van der Waals surface area contributed by atoms with E-state index in [1.54, 1.807) is 0 Å². The largest absolute Gasteiger partial charge is 0.308 e. The van der Waals surface area contributed by atoms with Gasteiger partial charge in [0.25, 0.3) is 0 Å². The fourth-order valence-corrected chi connectivity index (χ4v) is 10.7. The van der Waals surface area contributed by atoms with Crippen LogP contribution in [0, 0.1) is 48.5 Å². The van der Waals surface area contributed by atoms with Crippen LogP contribution in [0.5, 0.6) is 0 Å². The lowest BCUT2D eigenvalue weighted by Crippen LogP contribution is -2.15. The van der Waals surface area contributed by atoms with Crippen molar-refractivity contribution in [1.82, 2.24) is 9.55 Å². The molecule has 0 amide bonds. The van der Waals surface area contributed by atoms with E-state index < -0.39 is 0 Å². The van der Waals surface area contributed by atoms with Crippen molar-refractivity contribution in [1.29, 1.82) is 0 Å². The first-order valence-electron chi connectivity index (χ1n) is 20.0. The monoisotopic (exact) mass is 714 g/mol. The second-order valence-electron chi connectivity index (χ2n) is 18.5. The molecule has 272 valence electrons. The predicted octanol–water partition coefficient (Wildman–Crippen LogP) is 14.5. The smallest absolute Gasteiger partial charge is 0.0755 e. The van der Waals surface area contributed by atoms with Gasteiger partial charge in [0.1, 0.15) is 0 Å². The van der Waals surface area contributed by atoms with Crippen LogP contribution in [0.1, 0.15) is 90.4 Å². The molecule has 2 nitrogen and oxygen atoms in total. The molecule has 0 spiro atoms. The number of hydrogen-bond donors (Lipinski definition) is 0. The quantitative estimate of drug-likeness (QED) is 0.163. The highest BCUT2D eigenvalue weighted by Crippen LogP contribution is 2.55. The molecule has 0 N–H and O–H groups in total. The Hall–Kier alpha value is -5.47. The minimum absolute atomic E-state index is 0.0204. The summed E-state index contributed by atoms with van der Waals surface area (Å²) in [5, 5.41) is 10.5. The fourth-order valence-electron chi connectivity index (χ4n) is 10.7. The van der Waals surface area contributed by atoms with Gasteiger partial charge in [0, 0.05) is 38.2 Å². The summed E-state index contributed by atoms with van der Waals surface area (Å²) in [7, 11) is 0. The van der Waals surface area contributed by atoms with Gasteiger partial charge < -0.3 is 4.57 Å². The van der Waals surface area contributed by atoms with Gasteiger partial charge in [-0.2, -0.15) is 0 Å². The van der Waals surface area contributed by atoms with Gasteiger partial charge in [-0.25, -0.2) is 0 Å². The third-order valence-corrected chi connectivity index (χ3v) is 13.0. The molecule has 1 aliphatic rings. The number of aromatic nitrogens is 2. The lowest BCUT2D eigenvalue weighted by atomic mass is 9.79. The second-order valence-corrected chi connectivity index (χ2v) is 18.5. The molecule has 0 saturated carbocycles. The Morgan fingerprint density at radius 3 is 1.87 bits per heavy atom. The van der Waals surface area contributed by atoms with Crippen LogP contribution in [0.25, 0.3) is 82.2 Å². The Labute approximate surface area is 325 Å². The molecule has 55 heavy (non-hydrogen) atoms. The van der Waals surface area contributed by atoms with E-state index in [0.717, 1.165) is 11.4 Å². The van der Waals surface area contributed by atoms with Gasteiger partial charge in [-0.05, 0) is 162 Å². The summed E-state index contributed by atoms with van der Waals surface area (Å²) in [4.78, 5) is 5.25. The molecule has 1 aliphatic carbocycles. The summed E-state index contributed by atoms with van der Waals surface area (Å²) in [6, 6.07) is 33.6. The average molecular weight is 715 g/mol. The van der Waals surface area contributed by atoms with Gasteiger partial charge in [-0.15, -0.1) is 0 Å². The van der Waals surface area contributed by atoms with Crippen molar-refractivity contribution in [3.63, 3.8) is 0 Å². The van der Waals surface area contributed by atoms with Gasteiger partial charge in [0.15, 0.2) is 0 Å². The first-order valence-corrected chi connectivity index (χ1v) is 20.0. The number of hydrogen-bond acceptors (Lipinski definition) is 1. The standard InChI is InChI=1S/C53H50N2/c1-27-19-29(3)45(30(4)20-27)39-23-34-24-43-48(49-42(53(43,11)12)17-13-33(7)54-49)36-15-16-37-47(46(34)36)40(39)26-41-38-25-35(52(8,9)10)14-18-44(38)55(51(37)41)50-31(5)21-28(2)22-32(50)6/h13-26H,1-12H3. The highest BCUT2D eigenvalue weighted by molar-refractivity contribution is 6.35. The summed E-state index contributed by atoms with van der Waals surface area (Å²) < 4.78 is 2.60. The molecule has 2 heterocycles. The molecule has 0 radical (unpaired) electrons. The summed E-state index contributed by atoms with van der Waals surface area (Å²) in [6.07, 6.45) is 0. The minimum Gasteiger partial charge on any atom is -0.308 e. The second kappa shape index (κ2) is 11.1. The van der Waals surface area contributed by atoms with E-state index in [0.29, 0.717) is 0 Å². The number of fused-ring (bicyclic) bond motifs is 8. The molecule has 7 aromatic carbocycles. The molecule has 9 aromatic rings. The molecule has 0 saturated heterocycles. The highest BCUT2D eigenvalue weighted by atomic mass is 15.0. The number of benzene rings is 7. The van der Waals surface area contributed by atoms with Gasteiger partial charge in [0.05, 0.1) is 22.4 Å². The minimum atomic E-state index is -0.156. The molecule has 0 atom stereocenters. The van der Waals surface area contributed by atoms with Crippen molar-refractivity contribution in [3.05, 3.63) is 141 Å². The van der Waals surface area contributed by atoms with Crippen LogP contribution in [0.3, 0.4) is 0 Å². The number of nitrogens with zero attached hydrogens (tertiary/aromatic N) is 2. The maximum atomic E-state index is 5.25. The molecule has 0 aliphatic heterocycles. The van der Waals surface area contributed by atoms with E-state index in [-0.39, 0.29) is 10.8 Å². The molecule has 0 fully saturated rings. The Bertz CT molecular complexity index is 3110. The summed E-state index contributed by atoms with van der Waals surface area (Å²) in [5.41, 5.74) is 21.7. The van der Waals surface area contributed by atoms with Crippen LogP contribution in [-0.2, 0) is 10.8 Å². The van der Waals surface area contributed by atoms with E-state index in [4.69, 9.17) is 4.98 Å². The average Bonchev–Trinajstić information content (AvgIpc) is 3.53. The van der Waals surface area contributed by atoms with Gasteiger partial charge in [-0.1, -0.05) is 94.3 Å². The Balaban J connectivity index is 1.48. The Morgan fingerprint density at radius 1 is 0.545 bits per heavy atom. The van der Waals surface area contributed by atoms with Crippen LogP contribution in [0.2, 0.25) is 0 Å².